The van der Waals surface area contributed by atoms with E-state index in [0.717, 1.165) is 11.3 Å². The van der Waals surface area contributed by atoms with Gasteiger partial charge in [0.25, 0.3) is 21.9 Å². The predicted molar refractivity (Wildman–Crippen MR) is 108 cm³/mol. The largest absolute Gasteiger partial charge is 0.377 e. The molecule has 12 nitrogen and oxygen atoms in total. The topological polar surface area (TPSA) is 159 Å². The summed E-state index contributed by atoms with van der Waals surface area (Å²) in [5.74, 6) is -1.93. The zero-order valence-corrected chi connectivity index (χ0v) is 18.0. The van der Waals surface area contributed by atoms with Crippen molar-refractivity contribution in [2.45, 2.75) is 24.2 Å². The van der Waals surface area contributed by atoms with Gasteiger partial charge in [0.15, 0.2) is 0 Å². The van der Waals surface area contributed by atoms with Crippen molar-refractivity contribution in [2.24, 2.45) is 10.2 Å². The first-order valence-corrected chi connectivity index (χ1v) is 11.0. The molecule has 2 amide bonds. The van der Waals surface area contributed by atoms with Crippen molar-refractivity contribution in [1.82, 2.24) is 10.0 Å². The van der Waals surface area contributed by atoms with Crippen LogP contribution in [0.1, 0.15) is 17.7 Å². The maximum absolute atomic E-state index is 11.9. The van der Waals surface area contributed by atoms with Crippen LogP contribution >= 0.6 is 11.3 Å². The van der Waals surface area contributed by atoms with Gasteiger partial charge < -0.3 is 9.74 Å². The fourth-order valence-corrected chi connectivity index (χ4v) is 4.10. The Morgan fingerprint density at radius 3 is 2.55 bits per heavy atom. The molecule has 1 fully saturated rings. The number of aromatic nitrogens is 1. The Kier molecular flexibility index (Phi) is 6.42. The molecule has 0 unspecified atom stereocenters. The number of carbonyl (C=O) groups excluding carboxylic acids is 3. The second-order valence-corrected chi connectivity index (χ2v) is 9.04. The molecule has 2 aromatic rings. The van der Waals surface area contributed by atoms with E-state index in [1.54, 1.807) is 14.1 Å². The van der Waals surface area contributed by atoms with Gasteiger partial charge in [-0.05, 0) is 18.2 Å². The summed E-state index contributed by atoms with van der Waals surface area (Å²) < 4.78 is 32.6. The monoisotopic (exact) mass is 467 g/mol. The lowest BCUT2D eigenvalue weighted by atomic mass is 10.3. The Morgan fingerprint density at radius 1 is 1.26 bits per heavy atom. The van der Waals surface area contributed by atoms with E-state index in [2.05, 4.69) is 15.2 Å². The van der Waals surface area contributed by atoms with Gasteiger partial charge in [0.2, 0.25) is 5.13 Å². The van der Waals surface area contributed by atoms with E-state index in [4.69, 9.17) is 4.84 Å². The molecule has 3 rings (SSSR count). The fourth-order valence-electron chi connectivity index (χ4n) is 2.60. The summed E-state index contributed by atoms with van der Waals surface area (Å²) in [5.41, 5.74) is 0.451. The highest BCUT2D eigenvalue weighted by atomic mass is 32.2. The van der Waals surface area contributed by atoms with Gasteiger partial charge in [-0.3, -0.25) is 14.1 Å². The molecule has 0 radical (unpaired) electrons. The molecular formula is C17H17N5O7S2. The number of rotatable bonds is 7. The van der Waals surface area contributed by atoms with Crippen LogP contribution in [0.4, 0.5) is 16.5 Å². The highest BCUT2D eigenvalue weighted by Gasteiger charge is 2.32. The lowest BCUT2D eigenvalue weighted by Crippen LogP contribution is -2.32. The highest BCUT2D eigenvalue weighted by molar-refractivity contribution is 7.86. The minimum atomic E-state index is -4.47. The smallest absolute Gasteiger partial charge is 0.338 e. The molecule has 0 spiro atoms. The van der Waals surface area contributed by atoms with Crippen molar-refractivity contribution < 1.29 is 32.2 Å². The molecular weight excluding hydrogens is 450 g/mol. The lowest BCUT2D eigenvalue weighted by molar-refractivity contribution is -0.196. The zero-order valence-electron chi connectivity index (χ0n) is 16.4. The zero-order chi connectivity index (χ0) is 22.8. The molecule has 0 bridgehead atoms. The molecule has 1 aliphatic heterocycles. The van der Waals surface area contributed by atoms with Crippen LogP contribution in [-0.4, -0.2) is 54.9 Å². The minimum absolute atomic E-state index is 0.00597. The third-order valence-corrected chi connectivity index (χ3v) is 5.78. The van der Waals surface area contributed by atoms with Crippen LogP contribution in [0.25, 0.3) is 0 Å². The van der Waals surface area contributed by atoms with Crippen LogP contribution in [0.2, 0.25) is 0 Å². The Balaban J connectivity index is 1.69. The third kappa shape index (κ3) is 5.48. The molecule has 0 atom stereocenters. The molecule has 1 saturated heterocycles. The summed E-state index contributed by atoms with van der Waals surface area (Å²) in [4.78, 5) is 45.3. The van der Waals surface area contributed by atoms with E-state index in [0.29, 0.717) is 9.94 Å². The van der Waals surface area contributed by atoms with Crippen molar-refractivity contribution in [3.8, 4) is 0 Å². The van der Waals surface area contributed by atoms with Crippen molar-refractivity contribution >= 4 is 55.7 Å². The number of hydroxylamine groups is 2. The number of benzene rings is 1. The summed E-state index contributed by atoms with van der Waals surface area (Å²) >= 11 is 1.02. The van der Waals surface area contributed by atoms with Crippen molar-refractivity contribution in [1.29, 1.82) is 0 Å². The Morgan fingerprint density at radius 2 is 1.94 bits per heavy atom. The molecule has 164 valence electrons. The normalized spacial score (nSPS) is 14.5. The standard InChI is InChI=1S/C17H17N5O7S2/c1-21(2)12-4-3-10(7-13(12)31(26,27)28)19-20-17-18-9-11(30-17)8-16(25)29-22-14(23)5-6-15(22)24/h3-4,7,9H,5-6,8H2,1-2H3,(H,26,27,28). The van der Waals surface area contributed by atoms with E-state index in [1.165, 1.54) is 29.3 Å². The molecule has 14 heteroatoms. The maximum Gasteiger partial charge on any atom is 0.338 e. The van der Waals surface area contributed by atoms with Gasteiger partial charge in [-0.25, -0.2) is 9.78 Å². The summed E-state index contributed by atoms with van der Waals surface area (Å²) in [6.45, 7) is 0. The van der Waals surface area contributed by atoms with Gasteiger partial charge in [0.05, 0.1) is 17.8 Å². The van der Waals surface area contributed by atoms with Gasteiger partial charge >= 0.3 is 5.97 Å². The second-order valence-electron chi connectivity index (χ2n) is 6.55. The number of imide groups is 1. The number of carbonyl (C=O) groups is 3. The van der Waals surface area contributed by atoms with E-state index >= 15 is 0 Å². The average Bonchev–Trinajstić information content (AvgIpc) is 3.26. The quantitative estimate of drug-likeness (QED) is 0.365. The van der Waals surface area contributed by atoms with Crippen LogP contribution in [0.3, 0.4) is 0 Å². The van der Waals surface area contributed by atoms with Gasteiger partial charge in [-0.2, -0.15) is 8.42 Å². The average molecular weight is 467 g/mol. The molecule has 2 heterocycles. The molecule has 1 N–H and O–H groups in total. The van der Waals surface area contributed by atoms with E-state index in [-0.39, 0.29) is 40.7 Å². The number of azo groups is 1. The van der Waals surface area contributed by atoms with E-state index < -0.39 is 27.9 Å². The fraction of sp³-hybridized carbons (Fsp3) is 0.294. The molecule has 31 heavy (non-hydrogen) atoms. The number of hydrogen-bond acceptors (Lipinski definition) is 11. The summed E-state index contributed by atoms with van der Waals surface area (Å²) in [6.07, 6.45) is 1.15. The first-order chi connectivity index (χ1) is 14.5. The first-order valence-electron chi connectivity index (χ1n) is 8.76. The Labute approximate surface area is 180 Å². The van der Waals surface area contributed by atoms with Crippen LogP contribution in [0, 0.1) is 0 Å². The minimum Gasteiger partial charge on any atom is -0.377 e. The van der Waals surface area contributed by atoms with Gasteiger partial charge in [0.1, 0.15) is 4.90 Å². The molecule has 1 aromatic carbocycles. The summed E-state index contributed by atoms with van der Waals surface area (Å²) in [7, 11) is -1.22. The van der Waals surface area contributed by atoms with Crippen molar-refractivity contribution in [3.63, 3.8) is 0 Å². The van der Waals surface area contributed by atoms with Crippen LogP contribution < -0.4 is 4.90 Å². The second kappa shape index (κ2) is 8.87. The SMILES string of the molecule is CN(C)c1ccc(N=Nc2ncc(CC(=O)ON3C(=O)CCC3=O)s2)cc1S(=O)(=O)O. The molecule has 1 aromatic heterocycles. The third-order valence-electron chi connectivity index (χ3n) is 4.01. The lowest BCUT2D eigenvalue weighted by Gasteiger charge is -2.15. The van der Waals surface area contributed by atoms with Crippen molar-refractivity contribution in [2.75, 3.05) is 19.0 Å². The molecule has 0 saturated carbocycles. The number of amides is 2. The number of anilines is 1. The van der Waals surface area contributed by atoms with Crippen LogP contribution in [0.15, 0.2) is 39.5 Å². The number of hydrogen-bond donors (Lipinski definition) is 1. The van der Waals surface area contributed by atoms with E-state index in [9.17, 15) is 27.4 Å². The number of nitrogens with zero attached hydrogens (tertiary/aromatic N) is 5. The van der Waals surface area contributed by atoms with Crippen molar-refractivity contribution in [3.05, 3.63) is 29.3 Å². The Bertz CT molecular complexity index is 1160. The van der Waals surface area contributed by atoms with Crippen LogP contribution in [-0.2, 0) is 35.8 Å². The van der Waals surface area contributed by atoms with Gasteiger partial charge in [0, 0.05) is 38.0 Å². The highest BCUT2D eigenvalue weighted by Crippen LogP contribution is 2.30. The Hall–Kier alpha value is -3.23. The molecule has 0 aliphatic carbocycles. The summed E-state index contributed by atoms with van der Waals surface area (Å²) in [6, 6.07) is 4.16. The van der Waals surface area contributed by atoms with Gasteiger partial charge in [-0.1, -0.05) is 11.3 Å². The van der Waals surface area contributed by atoms with E-state index in [1.807, 2.05) is 0 Å². The first kappa shape index (κ1) is 22.5. The maximum atomic E-state index is 11.9. The number of thiazole rings is 1. The predicted octanol–water partition coefficient (Wildman–Crippen LogP) is 2.02. The molecule has 1 aliphatic rings. The van der Waals surface area contributed by atoms with Crippen LogP contribution in [0.5, 0.6) is 0 Å². The summed E-state index contributed by atoms with van der Waals surface area (Å²) in [5, 5.41) is 8.46. The van der Waals surface area contributed by atoms with Gasteiger partial charge in [-0.15, -0.1) is 15.3 Å².